The molecule has 0 radical (unpaired) electrons. The number of halogens is 2. The summed E-state index contributed by atoms with van der Waals surface area (Å²) in [6.45, 7) is 8.20. The first kappa shape index (κ1) is 13.7. The van der Waals surface area contributed by atoms with Gasteiger partial charge in [0.2, 0.25) is 0 Å². The maximum Gasteiger partial charge on any atom is 0.281 e. The van der Waals surface area contributed by atoms with Gasteiger partial charge in [-0.05, 0) is 19.5 Å². The van der Waals surface area contributed by atoms with E-state index in [1.54, 1.807) is 0 Å². The van der Waals surface area contributed by atoms with Crippen LogP contribution in [0.25, 0.3) is 0 Å². The Kier molecular flexibility index (Phi) is 4.50. The minimum absolute atomic E-state index is 0.0960. The molecule has 1 fully saturated rings. The maximum absolute atomic E-state index is 12.5. The van der Waals surface area contributed by atoms with E-state index >= 15 is 0 Å². The third kappa shape index (κ3) is 2.80. The van der Waals surface area contributed by atoms with Gasteiger partial charge in [0.1, 0.15) is 5.69 Å². The molecule has 1 aliphatic rings. The van der Waals surface area contributed by atoms with Gasteiger partial charge in [0.25, 0.3) is 6.43 Å². The first-order valence-electron chi connectivity index (χ1n) is 6.38. The predicted molar refractivity (Wildman–Crippen MR) is 70.6 cm³/mol. The quantitative estimate of drug-likeness (QED) is 0.823. The molecule has 1 aliphatic heterocycles. The summed E-state index contributed by atoms with van der Waals surface area (Å²) < 4.78 is 25.0. The molecule has 0 saturated carbocycles. The fourth-order valence-corrected chi connectivity index (χ4v) is 3.33. The van der Waals surface area contributed by atoms with Crippen LogP contribution in [0.2, 0.25) is 0 Å². The molecular weight excluding hydrogens is 256 g/mol. The van der Waals surface area contributed by atoms with Crippen molar-refractivity contribution in [1.82, 2.24) is 9.88 Å². The Morgan fingerprint density at radius 3 is 2.78 bits per heavy atom. The maximum atomic E-state index is 12.5. The van der Waals surface area contributed by atoms with E-state index in [-0.39, 0.29) is 5.69 Å². The third-order valence-corrected chi connectivity index (χ3v) is 4.42. The van der Waals surface area contributed by atoms with Crippen molar-refractivity contribution in [3.05, 3.63) is 11.1 Å². The van der Waals surface area contributed by atoms with Gasteiger partial charge in [0, 0.05) is 24.5 Å². The molecule has 6 heteroatoms. The molecule has 2 heterocycles. The number of nitrogens with zero attached hydrogens (tertiary/aromatic N) is 3. The predicted octanol–water partition coefficient (Wildman–Crippen LogP) is 3.00. The zero-order valence-corrected chi connectivity index (χ0v) is 11.6. The zero-order valence-electron chi connectivity index (χ0n) is 10.8. The molecule has 2 rings (SSSR count). The second kappa shape index (κ2) is 5.93. The van der Waals surface area contributed by atoms with Crippen LogP contribution in [-0.4, -0.2) is 42.1 Å². The van der Waals surface area contributed by atoms with Crippen LogP contribution in [0, 0.1) is 0 Å². The Morgan fingerprint density at radius 1 is 1.50 bits per heavy atom. The van der Waals surface area contributed by atoms with Gasteiger partial charge < -0.3 is 4.90 Å². The van der Waals surface area contributed by atoms with E-state index in [4.69, 9.17) is 0 Å². The molecule has 1 aromatic rings. The van der Waals surface area contributed by atoms with E-state index in [0.29, 0.717) is 6.04 Å². The number of hydrogen-bond acceptors (Lipinski definition) is 4. The fraction of sp³-hybridized carbons (Fsp3) is 0.750. The second-order valence-electron chi connectivity index (χ2n) is 4.47. The van der Waals surface area contributed by atoms with E-state index in [9.17, 15) is 8.78 Å². The van der Waals surface area contributed by atoms with Crippen LogP contribution in [0.3, 0.4) is 0 Å². The zero-order chi connectivity index (χ0) is 13.1. The van der Waals surface area contributed by atoms with Crippen LogP contribution in [0.4, 0.5) is 13.9 Å². The SMILES string of the molecule is CCN(CC)C1CCN(c2nc(C(F)F)cs2)C1. The summed E-state index contributed by atoms with van der Waals surface area (Å²) >= 11 is 1.32. The Morgan fingerprint density at radius 2 is 2.22 bits per heavy atom. The number of rotatable bonds is 5. The second-order valence-corrected chi connectivity index (χ2v) is 5.30. The Bertz CT molecular complexity index is 379. The van der Waals surface area contributed by atoms with Crippen molar-refractivity contribution < 1.29 is 8.78 Å². The van der Waals surface area contributed by atoms with Crippen molar-refractivity contribution in [2.75, 3.05) is 31.1 Å². The molecule has 102 valence electrons. The summed E-state index contributed by atoms with van der Waals surface area (Å²) in [7, 11) is 0. The van der Waals surface area contributed by atoms with Crippen LogP contribution in [-0.2, 0) is 0 Å². The monoisotopic (exact) mass is 275 g/mol. The molecular formula is C12H19F2N3S. The van der Waals surface area contributed by atoms with Crippen LogP contribution in [0.15, 0.2) is 5.38 Å². The molecule has 0 aromatic carbocycles. The lowest BCUT2D eigenvalue weighted by Gasteiger charge is -2.25. The molecule has 1 unspecified atom stereocenters. The minimum atomic E-state index is -2.46. The number of aromatic nitrogens is 1. The standard InChI is InChI=1S/C12H19F2N3S/c1-3-16(4-2)9-5-6-17(7-9)12-15-10(8-18-12)11(13)14/h8-9,11H,3-7H2,1-2H3. The highest BCUT2D eigenvalue weighted by molar-refractivity contribution is 7.13. The lowest BCUT2D eigenvalue weighted by Crippen LogP contribution is -2.37. The van der Waals surface area contributed by atoms with Gasteiger partial charge in [-0.2, -0.15) is 0 Å². The smallest absolute Gasteiger partial charge is 0.281 e. The van der Waals surface area contributed by atoms with Gasteiger partial charge >= 0.3 is 0 Å². The van der Waals surface area contributed by atoms with E-state index in [2.05, 4.69) is 28.6 Å². The topological polar surface area (TPSA) is 19.4 Å². The lowest BCUT2D eigenvalue weighted by molar-refractivity contribution is 0.147. The van der Waals surface area contributed by atoms with Gasteiger partial charge in [-0.15, -0.1) is 11.3 Å². The van der Waals surface area contributed by atoms with Crippen LogP contribution in [0.1, 0.15) is 32.4 Å². The number of thiazole rings is 1. The van der Waals surface area contributed by atoms with E-state index in [1.165, 1.54) is 16.7 Å². The molecule has 0 spiro atoms. The lowest BCUT2D eigenvalue weighted by atomic mass is 10.2. The van der Waals surface area contributed by atoms with Crippen molar-refractivity contribution >= 4 is 16.5 Å². The summed E-state index contributed by atoms with van der Waals surface area (Å²) in [6.07, 6.45) is -1.37. The van der Waals surface area contributed by atoms with E-state index in [0.717, 1.165) is 37.7 Å². The van der Waals surface area contributed by atoms with Gasteiger partial charge in [0.05, 0.1) is 0 Å². The number of anilines is 1. The molecule has 1 aromatic heterocycles. The summed E-state index contributed by atoms with van der Waals surface area (Å²) in [5, 5.41) is 2.20. The number of hydrogen-bond donors (Lipinski definition) is 0. The summed E-state index contributed by atoms with van der Waals surface area (Å²) in [5.74, 6) is 0. The van der Waals surface area contributed by atoms with Gasteiger partial charge in [-0.25, -0.2) is 13.8 Å². The third-order valence-electron chi connectivity index (χ3n) is 3.50. The van der Waals surface area contributed by atoms with Crippen molar-refractivity contribution in [1.29, 1.82) is 0 Å². The normalized spacial score (nSPS) is 20.3. The van der Waals surface area contributed by atoms with Crippen molar-refractivity contribution in [2.24, 2.45) is 0 Å². The highest BCUT2D eigenvalue weighted by Gasteiger charge is 2.28. The first-order valence-corrected chi connectivity index (χ1v) is 7.26. The van der Waals surface area contributed by atoms with Crippen molar-refractivity contribution in [2.45, 2.75) is 32.7 Å². The molecule has 18 heavy (non-hydrogen) atoms. The highest BCUT2D eigenvalue weighted by atomic mass is 32.1. The molecule has 1 atom stereocenters. The Labute approximate surface area is 110 Å². The summed E-state index contributed by atoms with van der Waals surface area (Å²) in [6, 6.07) is 0.527. The van der Waals surface area contributed by atoms with E-state index in [1.807, 2.05) is 0 Å². The minimum Gasteiger partial charge on any atom is -0.346 e. The molecule has 3 nitrogen and oxygen atoms in total. The van der Waals surface area contributed by atoms with Gasteiger partial charge in [-0.1, -0.05) is 13.8 Å². The van der Waals surface area contributed by atoms with E-state index < -0.39 is 6.43 Å². The largest absolute Gasteiger partial charge is 0.346 e. The molecule has 0 bridgehead atoms. The molecule has 0 N–H and O–H groups in total. The average molecular weight is 275 g/mol. The summed E-state index contributed by atoms with van der Waals surface area (Å²) in [5.41, 5.74) is -0.0960. The number of alkyl halides is 2. The first-order chi connectivity index (χ1) is 8.65. The number of likely N-dealkylation sites (N-methyl/N-ethyl adjacent to an activating group) is 1. The van der Waals surface area contributed by atoms with Gasteiger partial charge in [0.15, 0.2) is 5.13 Å². The molecule has 0 amide bonds. The summed E-state index contributed by atoms with van der Waals surface area (Å²) in [4.78, 5) is 8.56. The fourth-order valence-electron chi connectivity index (χ4n) is 2.48. The highest BCUT2D eigenvalue weighted by Crippen LogP contribution is 2.29. The van der Waals surface area contributed by atoms with Gasteiger partial charge in [-0.3, -0.25) is 4.90 Å². The Hall–Kier alpha value is -0.750. The van der Waals surface area contributed by atoms with Crippen LogP contribution >= 0.6 is 11.3 Å². The van der Waals surface area contributed by atoms with Crippen molar-refractivity contribution in [3.63, 3.8) is 0 Å². The Balaban J connectivity index is 1.99. The molecule has 1 saturated heterocycles. The van der Waals surface area contributed by atoms with Crippen LogP contribution in [0.5, 0.6) is 0 Å². The average Bonchev–Trinajstić information content (AvgIpc) is 2.98. The molecule has 0 aliphatic carbocycles. The van der Waals surface area contributed by atoms with Crippen LogP contribution < -0.4 is 4.90 Å². The van der Waals surface area contributed by atoms with Crippen molar-refractivity contribution in [3.8, 4) is 0 Å².